The van der Waals surface area contributed by atoms with Crippen LogP contribution in [0.2, 0.25) is 5.02 Å². The van der Waals surface area contributed by atoms with Crippen molar-refractivity contribution in [3.8, 4) is 5.75 Å². The summed E-state index contributed by atoms with van der Waals surface area (Å²) in [5, 5.41) is 3.24. The van der Waals surface area contributed by atoms with Crippen molar-refractivity contribution in [2.45, 2.75) is 5.60 Å². The van der Waals surface area contributed by atoms with Crippen LogP contribution in [0.25, 0.3) is 0 Å². The van der Waals surface area contributed by atoms with E-state index in [4.69, 9.17) is 21.1 Å². The number of rotatable bonds is 4. The predicted molar refractivity (Wildman–Crippen MR) is 128 cm³/mol. The zero-order valence-electron chi connectivity index (χ0n) is 16.8. The summed E-state index contributed by atoms with van der Waals surface area (Å²) in [7, 11) is 3.55. The minimum Gasteiger partial charge on any atom is -0.494 e. The quantitative estimate of drug-likeness (QED) is 0.567. The van der Waals surface area contributed by atoms with Crippen LogP contribution in [0.1, 0.15) is 5.56 Å². The standard InChI is InChI=1S/C21H19ClFIN4O3/c1-27-8-21(9-27)10-28(20(29)31-21)16-6-12-15(7-17(16)30-2)25-11-24-19(12)26-14-5-3-4-13(22)18(14)23/h3-7,11,26H,8-10H2,1-2H3. The van der Waals surface area contributed by atoms with E-state index in [1.54, 1.807) is 30.2 Å². The fourth-order valence-corrected chi connectivity index (χ4v) is 6.23. The second-order valence-electron chi connectivity index (χ2n) is 7.73. The van der Waals surface area contributed by atoms with Gasteiger partial charge in [-0.2, -0.15) is 0 Å². The Bertz CT molecular complexity index is 1150. The molecule has 2 fully saturated rings. The summed E-state index contributed by atoms with van der Waals surface area (Å²) >= 11 is 5.30. The first-order chi connectivity index (χ1) is 14.9. The molecule has 5 rings (SSSR count). The van der Waals surface area contributed by atoms with E-state index in [0.29, 0.717) is 42.4 Å². The summed E-state index contributed by atoms with van der Waals surface area (Å²) in [6.45, 7) is 1.85. The lowest BCUT2D eigenvalue weighted by atomic mass is 9.95. The first kappa shape index (κ1) is 20.7. The monoisotopic (exact) mass is 556 g/mol. The highest BCUT2D eigenvalue weighted by Crippen LogP contribution is 2.42. The number of hydrogen-bond donors (Lipinski definition) is 1. The summed E-state index contributed by atoms with van der Waals surface area (Å²) in [5.74, 6) is 0.0311. The molecule has 0 bridgehead atoms. The molecule has 3 aliphatic heterocycles. The van der Waals surface area contributed by atoms with Crippen LogP contribution in [-0.2, 0) is 4.74 Å². The molecule has 3 heterocycles. The van der Waals surface area contributed by atoms with E-state index in [1.165, 1.54) is 6.07 Å². The van der Waals surface area contributed by atoms with Gasteiger partial charge in [-0.15, -0.1) is 0 Å². The van der Waals surface area contributed by atoms with E-state index >= 15 is 0 Å². The Morgan fingerprint density at radius 2 is 2.13 bits per heavy atom. The molecule has 3 aliphatic rings. The van der Waals surface area contributed by atoms with Gasteiger partial charge in [0, 0.05) is 24.7 Å². The summed E-state index contributed by atoms with van der Waals surface area (Å²) in [4.78, 5) is 20.9. The van der Waals surface area contributed by atoms with Gasteiger partial charge >= 0.3 is 6.09 Å². The third-order valence-corrected chi connectivity index (χ3v) is 7.78. The second-order valence-corrected chi connectivity index (χ2v) is 10.4. The van der Waals surface area contributed by atoms with E-state index in [2.05, 4.69) is 15.2 Å². The fourth-order valence-electron chi connectivity index (χ4n) is 4.12. The van der Waals surface area contributed by atoms with Crippen molar-refractivity contribution >= 4 is 63.3 Å². The van der Waals surface area contributed by atoms with Crippen LogP contribution in [0, 0.1) is 5.82 Å². The molecule has 1 spiro atoms. The fraction of sp³-hybridized carbons (Fsp3) is 0.286. The van der Waals surface area contributed by atoms with Gasteiger partial charge in [0.15, 0.2) is 11.4 Å². The number of benzene rings is 2. The number of halogens is 3. The van der Waals surface area contributed by atoms with Gasteiger partial charge in [-0.1, -0.05) is 17.7 Å². The second kappa shape index (κ2) is 7.72. The number of hydrogen-bond acceptors (Lipinski definition) is 6. The number of methoxy groups -OCH3 is 1. The van der Waals surface area contributed by atoms with Crippen LogP contribution < -0.4 is 15.0 Å². The largest absolute Gasteiger partial charge is 0.494 e. The Morgan fingerprint density at radius 3 is 2.87 bits per heavy atom. The molecule has 7 nitrogen and oxygen atoms in total. The molecule has 10 heteroatoms. The molecule has 162 valence electrons. The number of fused-ring (bicyclic) bond motifs is 1. The molecule has 2 saturated heterocycles. The van der Waals surface area contributed by atoms with Gasteiger partial charge < -0.3 is 14.8 Å². The van der Waals surface area contributed by atoms with Gasteiger partial charge in [0.25, 0.3) is 0 Å². The zero-order valence-corrected chi connectivity index (χ0v) is 19.7. The van der Waals surface area contributed by atoms with Crippen molar-refractivity contribution in [1.82, 2.24) is 4.90 Å². The van der Waals surface area contributed by atoms with Gasteiger partial charge in [-0.3, -0.25) is 9.80 Å². The molecule has 2 aromatic carbocycles. The molecular formula is C21H19ClFIN4O3. The maximum Gasteiger partial charge on any atom is 0.415 e. The van der Waals surface area contributed by atoms with E-state index in [9.17, 15) is 9.18 Å². The third-order valence-electron chi connectivity index (χ3n) is 5.45. The number of ether oxygens (including phenoxy) is 2. The lowest BCUT2D eigenvalue weighted by Gasteiger charge is -2.43. The first-order valence-electron chi connectivity index (χ1n) is 9.54. The number of likely N-dealkylation sites (tertiary alicyclic amines) is 1. The Hall–Kier alpha value is -2.24. The minimum atomic E-state index is -0.636. The molecule has 0 radical (unpaired) electrons. The van der Waals surface area contributed by atoms with E-state index in [1.807, 2.05) is 17.3 Å². The number of amides is 1. The molecule has 0 saturated carbocycles. The van der Waals surface area contributed by atoms with Gasteiger partial charge in [-0.05, 0) is 46.0 Å². The predicted octanol–water partition coefficient (Wildman–Crippen LogP) is 4.36. The van der Waals surface area contributed by atoms with E-state index in [0.717, 1.165) is 9.20 Å². The SMILES string of the molecule is COc1cc2c(cc1N1CC3(CN(C)C3)OC1=O)C(Nc1cccc(Cl)c1F)=IC=N2. The molecule has 1 N–H and O–H groups in total. The molecular weight excluding hydrogens is 538 g/mol. The van der Waals surface area contributed by atoms with Crippen molar-refractivity contribution in [2.75, 3.05) is 44.0 Å². The van der Waals surface area contributed by atoms with Crippen molar-refractivity contribution in [1.29, 1.82) is 0 Å². The van der Waals surface area contributed by atoms with Crippen molar-refractivity contribution in [2.24, 2.45) is 4.99 Å². The van der Waals surface area contributed by atoms with Crippen LogP contribution in [-0.4, -0.2) is 58.2 Å². The van der Waals surface area contributed by atoms with E-state index in [-0.39, 0.29) is 5.02 Å². The zero-order chi connectivity index (χ0) is 21.8. The average Bonchev–Trinajstić information content (AvgIpc) is 3.07. The molecule has 1 amide bonds. The molecule has 31 heavy (non-hydrogen) atoms. The van der Waals surface area contributed by atoms with Crippen molar-refractivity contribution < 1.29 is 18.7 Å². The highest BCUT2D eigenvalue weighted by Gasteiger charge is 2.53. The average molecular weight is 557 g/mol. The van der Waals surface area contributed by atoms with Gasteiger partial charge in [0.05, 0.1) is 43.6 Å². The Morgan fingerprint density at radius 1 is 1.32 bits per heavy atom. The van der Waals surface area contributed by atoms with Crippen LogP contribution in [0.3, 0.4) is 0 Å². The smallest absolute Gasteiger partial charge is 0.415 e. The molecule has 2 aromatic rings. The Labute approximate surface area is 193 Å². The summed E-state index contributed by atoms with van der Waals surface area (Å²) in [5.41, 5.74) is 1.95. The van der Waals surface area contributed by atoms with Gasteiger partial charge in [0.1, 0.15) is 5.75 Å². The number of carbonyl (C=O) groups is 1. The molecule has 0 unspecified atom stereocenters. The Balaban J connectivity index is 1.52. The maximum atomic E-state index is 14.5. The van der Waals surface area contributed by atoms with Crippen LogP contribution in [0.5, 0.6) is 5.75 Å². The molecule has 0 aromatic heterocycles. The summed E-state index contributed by atoms with van der Waals surface area (Å²) < 4.78 is 28.5. The first-order valence-corrected chi connectivity index (χ1v) is 12.2. The van der Waals surface area contributed by atoms with Crippen molar-refractivity contribution in [3.63, 3.8) is 0 Å². The molecule has 0 aliphatic carbocycles. The topological polar surface area (TPSA) is 66.4 Å². The van der Waals surface area contributed by atoms with Gasteiger partial charge in [0.2, 0.25) is 0 Å². The van der Waals surface area contributed by atoms with E-state index < -0.39 is 38.2 Å². The Kier molecular flexibility index (Phi) is 5.14. The number of nitrogens with zero attached hydrogens (tertiary/aromatic N) is 3. The molecule has 0 atom stereocenters. The third kappa shape index (κ3) is 3.58. The lowest BCUT2D eigenvalue weighted by molar-refractivity contribution is -0.0599. The van der Waals surface area contributed by atoms with Gasteiger partial charge in [-0.25, -0.2) is 14.2 Å². The summed E-state index contributed by atoms with van der Waals surface area (Å²) in [6, 6.07) is 8.51. The highest BCUT2D eigenvalue weighted by molar-refractivity contribution is 14.2. The number of aliphatic imine (C=N–C) groups is 1. The normalized spacial score (nSPS) is 19.3. The number of likely N-dealkylation sites (N-methyl/N-ethyl adjacent to an activating group) is 1. The van der Waals surface area contributed by atoms with Crippen LogP contribution >= 0.6 is 32.3 Å². The lowest BCUT2D eigenvalue weighted by Crippen LogP contribution is -2.62. The van der Waals surface area contributed by atoms with Crippen molar-refractivity contribution in [3.05, 3.63) is 46.7 Å². The number of anilines is 2. The van der Waals surface area contributed by atoms with Crippen LogP contribution in [0.15, 0.2) is 35.3 Å². The number of carbonyl (C=O) groups excluding carboxylic acids is 1. The summed E-state index contributed by atoms with van der Waals surface area (Å²) in [6.07, 6.45) is -0.393. The highest BCUT2D eigenvalue weighted by atomic mass is 127. The minimum absolute atomic E-state index is 0.0551. The number of nitrogens with one attached hydrogen (secondary N) is 1. The maximum absolute atomic E-state index is 14.5. The van der Waals surface area contributed by atoms with Crippen LogP contribution in [0.4, 0.5) is 26.2 Å².